The molecule has 0 spiro atoms. The van der Waals surface area contributed by atoms with E-state index in [0.29, 0.717) is 12.8 Å². The first kappa shape index (κ1) is 16.1. The summed E-state index contributed by atoms with van der Waals surface area (Å²) in [7, 11) is 1.60. The molecule has 2 unspecified atom stereocenters. The van der Waals surface area contributed by atoms with Crippen molar-refractivity contribution in [2.75, 3.05) is 7.11 Å². The summed E-state index contributed by atoms with van der Waals surface area (Å²) in [6, 6.07) is 3.60. The predicted octanol–water partition coefficient (Wildman–Crippen LogP) is 2.30. The van der Waals surface area contributed by atoms with Gasteiger partial charge in [-0.15, -0.1) is 0 Å². The summed E-state index contributed by atoms with van der Waals surface area (Å²) in [5, 5.41) is 11.7. The first-order chi connectivity index (χ1) is 10.4. The molecule has 5 heteroatoms. The third-order valence-corrected chi connectivity index (χ3v) is 4.24. The molecule has 1 amide bonds. The van der Waals surface area contributed by atoms with Crippen molar-refractivity contribution < 1.29 is 19.4 Å². The molecule has 0 radical (unpaired) electrons. The number of benzene rings is 1. The molecule has 1 fully saturated rings. The molecule has 2 atom stereocenters. The number of hydrogen-bond acceptors (Lipinski definition) is 3. The zero-order valence-electron chi connectivity index (χ0n) is 13.1. The summed E-state index contributed by atoms with van der Waals surface area (Å²) in [6.07, 6.45) is 4.44. The van der Waals surface area contributed by atoms with Crippen LogP contribution in [-0.4, -0.2) is 30.1 Å². The number of hydrogen-bond donors (Lipinski definition) is 2. The van der Waals surface area contributed by atoms with Crippen molar-refractivity contribution >= 4 is 18.0 Å². The number of ether oxygens (including phenoxy) is 1. The van der Waals surface area contributed by atoms with Crippen LogP contribution in [0.3, 0.4) is 0 Å². The quantitative estimate of drug-likeness (QED) is 0.818. The molecule has 22 heavy (non-hydrogen) atoms. The Hall–Kier alpha value is -2.30. The second-order valence-corrected chi connectivity index (χ2v) is 5.60. The van der Waals surface area contributed by atoms with Crippen LogP contribution >= 0.6 is 0 Å². The molecule has 1 aliphatic carbocycles. The van der Waals surface area contributed by atoms with Crippen molar-refractivity contribution in [3.8, 4) is 5.75 Å². The normalized spacial score (nSPS) is 20.5. The Kier molecular flexibility index (Phi) is 4.85. The molecule has 1 aromatic carbocycles. The maximum atomic E-state index is 11.9. The minimum absolute atomic E-state index is 0.267. The summed E-state index contributed by atoms with van der Waals surface area (Å²) < 4.78 is 5.39. The number of aryl methyl sites for hydroxylation is 1. The summed E-state index contributed by atoms with van der Waals surface area (Å²) in [5.41, 5.74) is 2.98. The monoisotopic (exact) mass is 303 g/mol. The topological polar surface area (TPSA) is 75.6 Å². The van der Waals surface area contributed by atoms with Crippen molar-refractivity contribution in [3.05, 3.63) is 34.9 Å². The van der Waals surface area contributed by atoms with Gasteiger partial charge in [0.15, 0.2) is 0 Å². The van der Waals surface area contributed by atoms with Crippen LogP contribution in [0, 0.1) is 19.8 Å². The van der Waals surface area contributed by atoms with E-state index in [1.807, 2.05) is 26.0 Å². The van der Waals surface area contributed by atoms with Crippen LogP contribution in [-0.2, 0) is 9.59 Å². The number of carbonyl (C=O) groups excluding carboxylic acids is 1. The smallest absolute Gasteiger partial charge is 0.308 e. The number of rotatable bonds is 5. The number of carbonyl (C=O) groups is 2. The Bertz CT molecular complexity index is 621. The SMILES string of the molecule is COc1c(/C=C/C(=O)NC2CCC2C(=O)O)ccc(C)c1C. The molecule has 5 nitrogen and oxygen atoms in total. The highest BCUT2D eigenvalue weighted by atomic mass is 16.5. The van der Waals surface area contributed by atoms with E-state index in [1.54, 1.807) is 13.2 Å². The molecule has 0 bridgehead atoms. The van der Waals surface area contributed by atoms with E-state index < -0.39 is 11.9 Å². The van der Waals surface area contributed by atoms with Gasteiger partial charge in [-0.05, 0) is 43.9 Å². The van der Waals surface area contributed by atoms with E-state index >= 15 is 0 Å². The lowest BCUT2D eigenvalue weighted by atomic mass is 9.79. The maximum Gasteiger partial charge on any atom is 0.308 e. The summed E-state index contributed by atoms with van der Waals surface area (Å²) in [6.45, 7) is 3.97. The molecule has 1 saturated carbocycles. The molecular formula is C17H21NO4. The van der Waals surface area contributed by atoms with Gasteiger partial charge >= 0.3 is 5.97 Å². The van der Waals surface area contributed by atoms with E-state index in [2.05, 4.69) is 5.32 Å². The lowest BCUT2D eigenvalue weighted by Gasteiger charge is -2.33. The fourth-order valence-electron chi connectivity index (χ4n) is 2.58. The van der Waals surface area contributed by atoms with Crippen LogP contribution in [0.5, 0.6) is 5.75 Å². The molecule has 0 aliphatic heterocycles. The van der Waals surface area contributed by atoms with Gasteiger partial charge in [0.1, 0.15) is 5.75 Å². The van der Waals surface area contributed by atoms with Crippen LogP contribution < -0.4 is 10.1 Å². The van der Waals surface area contributed by atoms with Crippen molar-refractivity contribution in [1.82, 2.24) is 5.32 Å². The number of nitrogens with one attached hydrogen (secondary N) is 1. The van der Waals surface area contributed by atoms with Crippen molar-refractivity contribution in [1.29, 1.82) is 0 Å². The first-order valence-electron chi connectivity index (χ1n) is 7.29. The lowest BCUT2D eigenvalue weighted by molar-refractivity contribution is -0.146. The van der Waals surface area contributed by atoms with Gasteiger partial charge < -0.3 is 15.2 Å². The second kappa shape index (κ2) is 6.64. The third kappa shape index (κ3) is 3.30. The average molecular weight is 303 g/mol. The maximum absolute atomic E-state index is 11.9. The second-order valence-electron chi connectivity index (χ2n) is 5.60. The number of carboxylic acids is 1. The molecule has 2 rings (SSSR count). The highest BCUT2D eigenvalue weighted by Crippen LogP contribution is 2.28. The van der Waals surface area contributed by atoms with E-state index in [0.717, 1.165) is 22.4 Å². The molecule has 1 aromatic rings. The van der Waals surface area contributed by atoms with Gasteiger partial charge in [0, 0.05) is 17.7 Å². The summed E-state index contributed by atoms with van der Waals surface area (Å²) >= 11 is 0. The zero-order valence-corrected chi connectivity index (χ0v) is 13.1. The summed E-state index contributed by atoms with van der Waals surface area (Å²) in [4.78, 5) is 22.8. The molecule has 0 heterocycles. The Balaban J connectivity index is 2.04. The van der Waals surface area contributed by atoms with Gasteiger partial charge in [-0.1, -0.05) is 12.1 Å². The van der Waals surface area contributed by atoms with Crippen LogP contribution in [0.1, 0.15) is 29.5 Å². The van der Waals surface area contributed by atoms with Gasteiger partial charge in [0.05, 0.1) is 13.0 Å². The van der Waals surface area contributed by atoms with Crippen LogP contribution in [0.2, 0.25) is 0 Å². The van der Waals surface area contributed by atoms with Gasteiger partial charge in [-0.25, -0.2) is 0 Å². The minimum atomic E-state index is -0.851. The van der Waals surface area contributed by atoms with Gasteiger partial charge in [-0.2, -0.15) is 0 Å². The lowest BCUT2D eigenvalue weighted by Crippen LogP contribution is -2.49. The number of aliphatic carboxylic acids is 1. The highest BCUT2D eigenvalue weighted by Gasteiger charge is 2.37. The van der Waals surface area contributed by atoms with Crippen LogP contribution in [0.25, 0.3) is 6.08 Å². The Morgan fingerprint density at radius 2 is 2.05 bits per heavy atom. The van der Waals surface area contributed by atoms with E-state index in [9.17, 15) is 9.59 Å². The van der Waals surface area contributed by atoms with E-state index in [1.165, 1.54) is 6.08 Å². The molecule has 1 aliphatic rings. The summed E-state index contributed by atoms with van der Waals surface area (Å²) in [5.74, 6) is -0.850. The van der Waals surface area contributed by atoms with Gasteiger partial charge in [-0.3, -0.25) is 9.59 Å². The van der Waals surface area contributed by atoms with Crippen LogP contribution in [0.4, 0.5) is 0 Å². The molecular weight excluding hydrogens is 282 g/mol. The standard InChI is InChI=1S/C17H21NO4/c1-10-4-5-12(16(22-3)11(10)2)6-9-15(19)18-14-8-7-13(14)17(20)21/h4-6,9,13-14H,7-8H2,1-3H3,(H,18,19)(H,20,21)/b9-6+. The Morgan fingerprint density at radius 3 is 2.59 bits per heavy atom. The average Bonchev–Trinajstić information content (AvgIpc) is 2.44. The zero-order chi connectivity index (χ0) is 16.3. The minimum Gasteiger partial charge on any atom is -0.496 e. The number of methoxy groups -OCH3 is 1. The first-order valence-corrected chi connectivity index (χ1v) is 7.29. The van der Waals surface area contributed by atoms with Crippen LogP contribution in [0.15, 0.2) is 18.2 Å². The highest BCUT2D eigenvalue weighted by molar-refractivity contribution is 5.93. The third-order valence-electron chi connectivity index (χ3n) is 4.24. The fraction of sp³-hybridized carbons (Fsp3) is 0.412. The Morgan fingerprint density at radius 1 is 1.32 bits per heavy atom. The van der Waals surface area contributed by atoms with Gasteiger partial charge in [0.2, 0.25) is 5.91 Å². The molecule has 0 saturated heterocycles. The molecule has 0 aromatic heterocycles. The number of carboxylic acid groups (broad SMARTS) is 1. The Labute approximate surface area is 130 Å². The molecule has 2 N–H and O–H groups in total. The van der Waals surface area contributed by atoms with E-state index in [-0.39, 0.29) is 11.9 Å². The van der Waals surface area contributed by atoms with E-state index in [4.69, 9.17) is 9.84 Å². The van der Waals surface area contributed by atoms with Crippen molar-refractivity contribution in [2.45, 2.75) is 32.7 Å². The van der Waals surface area contributed by atoms with Crippen molar-refractivity contribution in [3.63, 3.8) is 0 Å². The molecule has 118 valence electrons. The fourth-order valence-corrected chi connectivity index (χ4v) is 2.58. The largest absolute Gasteiger partial charge is 0.496 e. The predicted molar refractivity (Wildman–Crippen MR) is 83.8 cm³/mol. The number of amides is 1. The van der Waals surface area contributed by atoms with Gasteiger partial charge in [0.25, 0.3) is 0 Å². The van der Waals surface area contributed by atoms with Crippen molar-refractivity contribution in [2.24, 2.45) is 5.92 Å².